The largest absolute Gasteiger partial charge is 0.456 e. The van der Waals surface area contributed by atoms with Crippen LogP contribution in [0, 0.1) is 0 Å². The molecule has 1 aromatic heterocycles. The summed E-state index contributed by atoms with van der Waals surface area (Å²) >= 11 is 0. The van der Waals surface area contributed by atoms with E-state index in [4.69, 9.17) is 16.2 Å². The first-order valence-electron chi connectivity index (χ1n) is 10.1. The highest BCUT2D eigenvalue weighted by atomic mass is 32.2. The highest BCUT2D eigenvalue weighted by Crippen LogP contribution is 2.30. The summed E-state index contributed by atoms with van der Waals surface area (Å²) in [5, 5.41) is 0. The summed E-state index contributed by atoms with van der Waals surface area (Å²) in [5.74, 6) is -1.15. The molecule has 1 heterocycles. The van der Waals surface area contributed by atoms with Gasteiger partial charge in [-0.15, -0.1) is 0 Å². The molecule has 0 saturated carbocycles. The molecule has 11 nitrogen and oxygen atoms in total. The normalized spacial score (nSPS) is 11.6. The molecule has 0 aliphatic rings. The van der Waals surface area contributed by atoms with Gasteiger partial charge < -0.3 is 16.2 Å². The minimum absolute atomic E-state index is 0.00684. The van der Waals surface area contributed by atoms with E-state index in [-0.39, 0.29) is 33.4 Å². The molecule has 0 spiro atoms. The van der Waals surface area contributed by atoms with Crippen molar-refractivity contribution in [1.29, 1.82) is 0 Å². The summed E-state index contributed by atoms with van der Waals surface area (Å²) in [7, 11) is -7.58. The molecule has 35 heavy (non-hydrogen) atoms. The zero-order valence-electron chi connectivity index (χ0n) is 18.6. The first-order chi connectivity index (χ1) is 16.5. The molecular weight excluding hydrogens is 494 g/mol. The van der Waals surface area contributed by atoms with E-state index < -0.39 is 31.7 Å². The lowest BCUT2D eigenvalue weighted by Gasteiger charge is -2.12. The van der Waals surface area contributed by atoms with Crippen molar-refractivity contribution in [2.24, 2.45) is 16.5 Å². The fourth-order valence-electron chi connectivity index (χ4n) is 2.95. The Morgan fingerprint density at radius 1 is 1.03 bits per heavy atom. The third-order valence-corrected chi connectivity index (χ3v) is 7.18. The summed E-state index contributed by atoms with van der Waals surface area (Å²) in [6.07, 6.45) is 3.01. The van der Waals surface area contributed by atoms with Gasteiger partial charge in [-0.05, 0) is 54.6 Å². The molecule has 13 heteroatoms. The standard InChI is InChI=1S/C22H23N5O6S2/c1-34(29,30)20-14-15(21(28)27-22(23)24)5-10-19(20)33-17-6-8-18(9-7-17)35(31,32)26-13-11-16-4-2-3-12-25-16/h2-10,12,14,26H,11,13H2,1H3,(H4,23,24,27,28). The smallest absolute Gasteiger partial charge is 0.280 e. The lowest BCUT2D eigenvalue weighted by atomic mass is 10.2. The van der Waals surface area contributed by atoms with Gasteiger partial charge in [0.1, 0.15) is 16.4 Å². The first-order valence-corrected chi connectivity index (χ1v) is 13.5. The summed E-state index contributed by atoms with van der Waals surface area (Å²) in [6, 6.07) is 14.5. The van der Waals surface area contributed by atoms with Gasteiger partial charge >= 0.3 is 0 Å². The van der Waals surface area contributed by atoms with Crippen molar-refractivity contribution in [3.05, 3.63) is 78.1 Å². The van der Waals surface area contributed by atoms with E-state index in [1.54, 1.807) is 18.3 Å². The molecule has 0 saturated heterocycles. The second-order valence-electron chi connectivity index (χ2n) is 7.32. The van der Waals surface area contributed by atoms with Crippen LogP contribution in [-0.4, -0.2) is 46.5 Å². The number of amides is 1. The second kappa shape index (κ2) is 10.6. The first kappa shape index (κ1) is 25.8. The number of ether oxygens (including phenoxy) is 1. The number of sulfonamides is 1. The number of hydrogen-bond donors (Lipinski definition) is 3. The average molecular weight is 518 g/mol. The van der Waals surface area contributed by atoms with Crippen LogP contribution in [0.15, 0.2) is 81.6 Å². The van der Waals surface area contributed by atoms with Crippen LogP contribution < -0.4 is 20.9 Å². The molecule has 0 fully saturated rings. The van der Waals surface area contributed by atoms with E-state index in [9.17, 15) is 21.6 Å². The fourth-order valence-corrected chi connectivity index (χ4v) is 4.80. The maximum Gasteiger partial charge on any atom is 0.280 e. The summed E-state index contributed by atoms with van der Waals surface area (Å²) in [4.78, 5) is 19.3. The molecule has 184 valence electrons. The molecule has 0 atom stereocenters. The minimum Gasteiger partial charge on any atom is -0.456 e. The van der Waals surface area contributed by atoms with Gasteiger partial charge in [0, 0.05) is 36.7 Å². The fraction of sp³-hybridized carbons (Fsp3) is 0.136. The topological polar surface area (TPSA) is 184 Å². The van der Waals surface area contributed by atoms with E-state index in [2.05, 4.69) is 14.7 Å². The Labute approximate surface area is 202 Å². The molecule has 0 aliphatic heterocycles. The van der Waals surface area contributed by atoms with Gasteiger partial charge in [-0.3, -0.25) is 9.78 Å². The average Bonchev–Trinajstić information content (AvgIpc) is 2.79. The molecule has 1 amide bonds. The number of carbonyl (C=O) groups excluding carboxylic acids is 1. The van der Waals surface area contributed by atoms with Gasteiger partial charge in [0.2, 0.25) is 10.0 Å². The van der Waals surface area contributed by atoms with Gasteiger partial charge in [0.25, 0.3) is 5.91 Å². The number of nitrogens with two attached hydrogens (primary N) is 2. The third-order valence-electron chi connectivity index (χ3n) is 4.58. The van der Waals surface area contributed by atoms with Crippen molar-refractivity contribution in [3.63, 3.8) is 0 Å². The molecule has 5 N–H and O–H groups in total. The van der Waals surface area contributed by atoms with Gasteiger partial charge in [0.15, 0.2) is 15.8 Å². The van der Waals surface area contributed by atoms with Gasteiger partial charge in [0.05, 0.1) is 4.90 Å². The molecule has 0 bridgehead atoms. The van der Waals surface area contributed by atoms with Crippen LogP contribution >= 0.6 is 0 Å². The van der Waals surface area contributed by atoms with E-state index in [1.165, 1.54) is 36.4 Å². The predicted octanol–water partition coefficient (Wildman–Crippen LogP) is 1.21. The molecule has 0 unspecified atom stereocenters. The highest BCUT2D eigenvalue weighted by molar-refractivity contribution is 7.90. The van der Waals surface area contributed by atoms with Crippen molar-refractivity contribution < 1.29 is 26.4 Å². The number of carbonyl (C=O) groups is 1. The Bertz CT molecular complexity index is 1450. The number of aromatic nitrogens is 1. The van der Waals surface area contributed by atoms with Crippen LogP contribution in [0.5, 0.6) is 11.5 Å². The summed E-state index contributed by atoms with van der Waals surface area (Å²) in [5.41, 5.74) is 11.1. The van der Waals surface area contributed by atoms with Crippen molar-refractivity contribution in [2.45, 2.75) is 16.2 Å². The number of aliphatic imine (C=N–C) groups is 1. The number of pyridine rings is 1. The van der Waals surface area contributed by atoms with Gasteiger partial charge in [-0.2, -0.15) is 4.99 Å². The number of sulfone groups is 1. The Balaban J connectivity index is 1.76. The molecule has 3 rings (SSSR count). The van der Waals surface area contributed by atoms with Crippen LogP contribution in [0.1, 0.15) is 16.1 Å². The van der Waals surface area contributed by atoms with Gasteiger partial charge in [-0.25, -0.2) is 21.6 Å². The Morgan fingerprint density at radius 3 is 2.34 bits per heavy atom. The van der Waals surface area contributed by atoms with Crippen LogP contribution in [0.3, 0.4) is 0 Å². The molecular formula is C22H23N5O6S2. The number of rotatable bonds is 9. The van der Waals surface area contributed by atoms with Crippen molar-refractivity contribution in [3.8, 4) is 11.5 Å². The monoisotopic (exact) mass is 517 g/mol. The number of nitrogens with one attached hydrogen (secondary N) is 1. The molecule has 3 aromatic rings. The van der Waals surface area contributed by atoms with E-state index >= 15 is 0 Å². The quantitative estimate of drug-likeness (QED) is 0.277. The third kappa shape index (κ3) is 7.09. The number of guanidine groups is 1. The van der Waals surface area contributed by atoms with Crippen LogP contribution in [0.25, 0.3) is 0 Å². The maximum atomic E-state index is 12.5. The van der Waals surface area contributed by atoms with E-state index in [1.807, 2.05) is 6.07 Å². The summed E-state index contributed by atoms with van der Waals surface area (Å²) < 4.78 is 57.8. The van der Waals surface area contributed by atoms with E-state index in [0.717, 1.165) is 18.0 Å². The predicted molar refractivity (Wildman–Crippen MR) is 129 cm³/mol. The van der Waals surface area contributed by atoms with Crippen LogP contribution in [-0.2, 0) is 26.3 Å². The Hall–Kier alpha value is -3.81. The molecule has 0 aliphatic carbocycles. The van der Waals surface area contributed by atoms with Crippen LogP contribution in [0.2, 0.25) is 0 Å². The highest BCUT2D eigenvalue weighted by Gasteiger charge is 2.19. The number of nitrogens with zero attached hydrogens (tertiary/aromatic N) is 2. The van der Waals surface area contributed by atoms with E-state index in [0.29, 0.717) is 6.42 Å². The van der Waals surface area contributed by atoms with Gasteiger partial charge in [-0.1, -0.05) is 6.07 Å². The second-order valence-corrected chi connectivity index (χ2v) is 11.1. The number of hydrogen-bond acceptors (Lipinski definition) is 7. The maximum absolute atomic E-state index is 12.5. The van der Waals surface area contributed by atoms with Crippen LogP contribution in [0.4, 0.5) is 0 Å². The summed E-state index contributed by atoms with van der Waals surface area (Å²) in [6.45, 7) is 0.167. The number of benzene rings is 2. The Morgan fingerprint density at radius 2 is 1.74 bits per heavy atom. The van der Waals surface area contributed by atoms with Crippen molar-refractivity contribution in [1.82, 2.24) is 9.71 Å². The Kier molecular flexibility index (Phi) is 7.84. The zero-order chi connectivity index (χ0) is 25.6. The zero-order valence-corrected chi connectivity index (χ0v) is 20.2. The molecule has 2 aromatic carbocycles. The molecule has 0 radical (unpaired) electrons. The SMILES string of the molecule is CS(=O)(=O)c1cc(C(=O)N=C(N)N)ccc1Oc1ccc(S(=O)(=O)NCCc2ccccn2)cc1. The van der Waals surface area contributed by atoms with Crippen molar-refractivity contribution in [2.75, 3.05) is 12.8 Å². The lowest BCUT2D eigenvalue weighted by molar-refractivity contribution is 0.100. The minimum atomic E-state index is -3.80. The van der Waals surface area contributed by atoms with Crippen molar-refractivity contribution >= 4 is 31.7 Å². The lowest BCUT2D eigenvalue weighted by Crippen LogP contribution is -2.26.